The van der Waals surface area contributed by atoms with Gasteiger partial charge in [0, 0.05) is 28.4 Å². The van der Waals surface area contributed by atoms with E-state index in [-0.39, 0.29) is 29.8 Å². The van der Waals surface area contributed by atoms with Gasteiger partial charge in [0.1, 0.15) is 0 Å². The third-order valence-corrected chi connectivity index (χ3v) is 7.83. The summed E-state index contributed by atoms with van der Waals surface area (Å²) < 4.78 is 24.4. The lowest BCUT2D eigenvalue weighted by Gasteiger charge is -2.37. The van der Waals surface area contributed by atoms with Crippen molar-refractivity contribution in [3.63, 3.8) is 0 Å². The lowest BCUT2D eigenvalue weighted by Crippen LogP contribution is -2.42. The topological polar surface area (TPSA) is 88.5 Å². The Morgan fingerprint density at radius 3 is 2.73 bits per heavy atom. The van der Waals surface area contributed by atoms with Crippen molar-refractivity contribution in [3.05, 3.63) is 21.5 Å². The van der Waals surface area contributed by atoms with Crippen molar-refractivity contribution in [2.45, 2.75) is 19.8 Å². The average Bonchev–Trinajstić information content (AvgIpc) is 2.78. The molecule has 2 aliphatic carbocycles. The number of hydrogen-bond donors (Lipinski definition) is 1. The lowest BCUT2D eigenvalue weighted by molar-refractivity contribution is -0.131. The number of thioether (sulfide) groups is 1. The van der Waals surface area contributed by atoms with Crippen LogP contribution in [0.2, 0.25) is 0 Å². The Hall–Kier alpha value is -0.920. The Morgan fingerprint density at radius 2 is 2.05 bits per heavy atom. The van der Waals surface area contributed by atoms with Crippen LogP contribution in [0, 0.1) is 17.8 Å². The number of fused-ring (bicyclic) bond motifs is 3. The molecule has 1 aliphatic heterocycles. The largest absolute Gasteiger partial charge is 0.396 e. The SMILES string of the molecule is CC1=C2C(CCS2(=O)=O)C2C(=O)C(SCCO)=CC(=O)C2C1. The normalized spacial score (nSPS) is 33.5. The van der Waals surface area contributed by atoms with Crippen molar-refractivity contribution < 1.29 is 23.1 Å². The first-order valence-corrected chi connectivity index (χ1v) is 9.96. The number of aliphatic hydroxyl groups is 1. The van der Waals surface area contributed by atoms with Crippen LogP contribution >= 0.6 is 11.8 Å². The van der Waals surface area contributed by atoms with Gasteiger partial charge in [-0.2, -0.15) is 0 Å². The number of carbonyl (C=O) groups is 2. The van der Waals surface area contributed by atoms with Crippen LogP contribution in [0.3, 0.4) is 0 Å². The van der Waals surface area contributed by atoms with Crippen molar-refractivity contribution in [1.29, 1.82) is 0 Å². The molecule has 1 saturated heterocycles. The highest BCUT2D eigenvalue weighted by Crippen LogP contribution is 2.50. The van der Waals surface area contributed by atoms with E-state index >= 15 is 0 Å². The molecule has 120 valence electrons. The molecule has 0 aromatic rings. The quantitative estimate of drug-likeness (QED) is 0.826. The van der Waals surface area contributed by atoms with Gasteiger partial charge < -0.3 is 5.11 Å². The van der Waals surface area contributed by atoms with Gasteiger partial charge in [-0.05, 0) is 25.8 Å². The molecule has 0 saturated carbocycles. The molecule has 1 fully saturated rings. The first kappa shape index (κ1) is 16.0. The van der Waals surface area contributed by atoms with Crippen molar-refractivity contribution in [1.82, 2.24) is 0 Å². The molecule has 0 bridgehead atoms. The molecule has 3 rings (SSSR count). The fourth-order valence-electron chi connectivity index (χ4n) is 3.90. The number of sulfone groups is 1. The minimum atomic E-state index is -3.27. The molecular weight excluding hydrogens is 324 g/mol. The van der Waals surface area contributed by atoms with Crippen LogP contribution in [0.15, 0.2) is 21.5 Å². The van der Waals surface area contributed by atoms with E-state index < -0.39 is 21.7 Å². The van der Waals surface area contributed by atoms with Crippen LogP contribution in [-0.2, 0) is 19.4 Å². The first-order valence-electron chi connectivity index (χ1n) is 7.32. The molecule has 3 unspecified atom stereocenters. The summed E-state index contributed by atoms with van der Waals surface area (Å²) in [5.41, 5.74) is 0.741. The van der Waals surface area contributed by atoms with Crippen LogP contribution in [0.5, 0.6) is 0 Å². The van der Waals surface area contributed by atoms with Gasteiger partial charge in [0.2, 0.25) is 0 Å². The summed E-state index contributed by atoms with van der Waals surface area (Å²) in [7, 11) is -3.27. The predicted molar refractivity (Wildman–Crippen MR) is 83.8 cm³/mol. The Kier molecular flexibility index (Phi) is 4.07. The van der Waals surface area contributed by atoms with E-state index in [2.05, 4.69) is 0 Å². The molecule has 0 spiro atoms. The number of rotatable bonds is 3. The average molecular weight is 342 g/mol. The number of ketones is 2. The maximum atomic E-state index is 12.7. The zero-order chi connectivity index (χ0) is 16.1. The fraction of sp³-hybridized carbons (Fsp3) is 0.600. The van der Waals surface area contributed by atoms with Gasteiger partial charge in [-0.1, -0.05) is 5.57 Å². The first-order chi connectivity index (χ1) is 10.4. The zero-order valence-electron chi connectivity index (χ0n) is 12.2. The Bertz CT molecular complexity index is 701. The van der Waals surface area contributed by atoms with Crippen LogP contribution in [0.4, 0.5) is 0 Å². The van der Waals surface area contributed by atoms with Gasteiger partial charge in [0.05, 0.1) is 17.3 Å². The molecule has 22 heavy (non-hydrogen) atoms. The van der Waals surface area contributed by atoms with Gasteiger partial charge in [-0.15, -0.1) is 11.8 Å². The van der Waals surface area contributed by atoms with Crippen molar-refractivity contribution in [2.24, 2.45) is 17.8 Å². The van der Waals surface area contributed by atoms with Crippen LogP contribution in [-0.4, -0.2) is 43.2 Å². The van der Waals surface area contributed by atoms with E-state index in [0.717, 1.165) is 5.57 Å². The van der Waals surface area contributed by atoms with Gasteiger partial charge in [0.15, 0.2) is 21.4 Å². The molecule has 1 N–H and O–H groups in total. The van der Waals surface area contributed by atoms with Crippen molar-refractivity contribution in [2.75, 3.05) is 18.1 Å². The number of hydrogen-bond acceptors (Lipinski definition) is 6. The number of allylic oxidation sites excluding steroid dienone is 4. The maximum Gasteiger partial charge on any atom is 0.174 e. The minimum Gasteiger partial charge on any atom is -0.396 e. The van der Waals surface area contributed by atoms with Gasteiger partial charge in [-0.25, -0.2) is 8.42 Å². The van der Waals surface area contributed by atoms with E-state index in [1.54, 1.807) is 6.92 Å². The summed E-state index contributed by atoms with van der Waals surface area (Å²) in [6.07, 6.45) is 2.16. The summed E-state index contributed by atoms with van der Waals surface area (Å²) in [6.45, 7) is 1.69. The van der Waals surface area contributed by atoms with Gasteiger partial charge >= 0.3 is 0 Å². The highest BCUT2D eigenvalue weighted by Gasteiger charge is 2.52. The summed E-state index contributed by atoms with van der Waals surface area (Å²) >= 11 is 1.18. The van der Waals surface area contributed by atoms with E-state index in [0.29, 0.717) is 28.4 Å². The van der Waals surface area contributed by atoms with E-state index in [1.165, 1.54) is 17.8 Å². The summed E-state index contributed by atoms with van der Waals surface area (Å²) in [6, 6.07) is 0. The third kappa shape index (κ3) is 2.39. The van der Waals surface area contributed by atoms with Crippen LogP contribution in [0.25, 0.3) is 0 Å². The second kappa shape index (κ2) is 5.62. The summed E-state index contributed by atoms with van der Waals surface area (Å²) in [4.78, 5) is 25.9. The highest BCUT2D eigenvalue weighted by atomic mass is 32.2. The standard InChI is InChI=1S/C15H18O5S2/c1-8-6-10-11(17)7-12(21-4-3-16)14(18)13(10)9-2-5-22(19,20)15(8)9/h7,9-10,13,16H,2-6H2,1H3. The van der Waals surface area contributed by atoms with Gasteiger partial charge in [-0.3, -0.25) is 9.59 Å². The second-order valence-corrected chi connectivity index (χ2v) is 9.26. The van der Waals surface area contributed by atoms with E-state index in [4.69, 9.17) is 5.11 Å². The zero-order valence-corrected chi connectivity index (χ0v) is 13.9. The molecule has 0 aromatic carbocycles. The Labute approximate surface area is 133 Å². The third-order valence-electron chi connectivity index (χ3n) is 4.72. The molecule has 3 atom stereocenters. The Morgan fingerprint density at radius 1 is 1.32 bits per heavy atom. The minimum absolute atomic E-state index is 0.0673. The number of Topliss-reactive ketones (excluding diaryl/α,β-unsaturated/α-hetero) is 1. The fourth-order valence-corrected chi connectivity index (χ4v) is 6.81. The Balaban J connectivity index is 2.01. The molecule has 0 radical (unpaired) electrons. The maximum absolute atomic E-state index is 12.7. The summed E-state index contributed by atoms with van der Waals surface area (Å²) in [5, 5.41) is 8.90. The van der Waals surface area contributed by atoms with Crippen LogP contribution in [0.1, 0.15) is 19.8 Å². The lowest BCUT2D eigenvalue weighted by atomic mass is 9.66. The molecule has 1 heterocycles. The van der Waals surface area contributed by atoms with Gasteiger partial charge in [0.25, 0.3) is 0 Å². The van der Waals surface area contributed by atoms with Crippen molar-refractivity contribution >= 4 is 33.2 Å². The molecule has 0 amide bonds. The smallest absolute Gasteiger partial charge is 0.174 e. The number of aliphatic hydroxyl groups excluding tert-OH is 1. The molecule has 7 heteroatoms. The van der Waals surface area contributed by atoms with E-state index in [1.807, 2.05) is 0 Å². The highest BCUT2D eigenvalue weighted by molar-refractivity contribution is 8.04. The molecule has 3 aliphatic rings. The van der Waals surface area contributed by atoms with E-state index in [9.17, 15) is 18.0 Å². The molecule has 0 aromatic heterocycles. The van der Waals surface area contributed by atoms with Crippen LogP contribution < -0.4 is 0 Å². The molecular formula is C15H18O5S2. The molecule has 5 nitrogen and oxygen atoms in total. The second-order valence-electron chi connectivity index (χ2n) is 6.04. The summed E-state index contributed by atoms with van der Waals surface area (Å²) in [5.74, 6) is -1.12. The predicted octanol–water partition coefficient (Wildman–Crippen LogP) is 1.09. The monoisotopic (exact) mass is 342 g/mol. The number of carbonyl (C=O) groups excluding carboxylic acids is 2. The van der Waals surface area contributed by atoms with Crippen molar-refractivity contribution in [3.8, 4) is 0 Å².